The van der Waals surface area contributed by atoms with Gasteiger partial charge in [-0.2, -0.15) is 5.10 Å². The quantitative estimate of drug-likeness (QED) is 0.829. The van der Waals surface area contributed by atoms with Crippen LogP contribution in [0.15, 0.2) is 53.6 Å². The molecular weight excluding hydrogens is 381 g/mol. The molecule has 0 aromatic heterocycles. The summed E-state index contributed by atoms with van der Waals surface area (Å²) in [5.74, 6) is -0.675. The van der Waals surface area contributed by atoms with E-state index in [4.69, 9.17) is 0 Å². The molecule has 0 bridgehead atoms. The number of rotatable bonds is 5. The van der Waals surface area contributed by atoms with E-state index in [9.17, 15) is 17.6 Å². The van der Waals surface area contributed by atoms with Gasteiger partial charge < -0.3 is 0 Å². The molecule has 3 rings (SSSR count). The van der Waals surface area contributed by atoms with Crippen molar-refractivity contribution >= 4 is 27.3 Å². The number of hydrogen-bond acceptors (Lipinski definition) is 4. The molecule has 1 heterocycles. The van der Waals surface area contributed by atoms with Gasteiger partial charge in [-0.05, 0) is 35.4 Å². The maximum atomic E-state index is 13.3. The van der Waals surface area contributed by atoms with Crippen molar-refractivity contribution in [3.63, 3.8) is 0 Å². The minimum Gasteiger partial charge on any atom is -0.284 e. The van der Waals surface area contributed by atoms with Gasteiger partial charge in [0.15, 0.2) is 0 Å². The topological polar surface area (TPSA) is 78.8 Å². The molecule has 0 radical (unpaired) electrons. The average molecular weight is 403 g/mol. The van der Waals surface area contributed by atoms with Gasteiger partial charge in [0.2, 0.25) is 15.9 Å². The predicted octanol–water partition coefficient (Wildman–Crippen LogP) is 3.53. The van der Waals surface area contributed by atoms with Crippen LogP contribution >= 0.6 is 0 Å². The maximum absolute atomic E-state index is 13.3. The number of nitrogens with one attached hydrogen (secondary N) is 1. The molecule has 0 spiro atoms. The Kier molecular flexibility index (Phi) is 5.51. The Morgan fingerprint density at radius 2 is 1.75 bits per heavy atom. The highest BCUT2D eigenvalue weighted by atomic mass is 32.2. The van der Waals surface area contributed by atoms with E-state index in [-0.39, 0.29) is 23.7 Å². The third kappa shape index (κ3) is 4.56. The second kappa shape index (κ2) is 7.71. The van der Waals surface area contributed by atoms with Crippen LogP contribution in [0.4, 0.5) is 10.1 Å². The highest BCUT2D eigenvalue weighted by Crippen LogP contribution is 2.34. The number of carbonyl (C=O) groups excluding carboxylic acids is 1. The Morgan fingerprint density at radius 3 is 2.29 bits per heavy atom. The minimum absolute atomic E-state index is 0.111. The zero-order valence-electron chi connectivity index (χ0n) is 15.9. The fourth-order valence-corrected chi connectivity index (χ4v) is 3.61. The summed E-state index contributed by atoms with van der Waals surface area (Å²) in [6.45, 7) is 3.62. The Balaban J connectivity index is 1.90. The third-order valence-electron chi connectivity index (χ3n) is 4.41. The van der Waals surface area contributed by atoms with Crippen molar-refractivity contribution in [2.24, 2.45) is 11.0 Å². The lowest BCUT2D eigenvalue weighted by molar-refractivity contribution is -0.136. The fourth-order valence-electron chi connectivity index (χ4n) is 3.04. The van der Waals surface area contributed by atoms with Gasteiger partial charge in [0, 0.05) is 18.0 Å². The molecule has 2 aromatic rings. The Morgan fingerprint density at radius 1 is 1.14 bits per heavy atom. The lowest BCUT2D eigenvalue weighted by atomic mass is 9.98. The van der Waals surface area contributed by atoms with E-state index < -0.39 is 10.0 Å². The normalized spacial score (nSPS) is 17.0. The number of hydrazone groups is 1. The minimum atomic E-state index is -3.35. The first kappa shape index (κ1) is 20.0. The molecule has 0 saturated carbocycles. The van der Waals surface area contributed by atoms with Crippen LogP contribution in [0.25, 0.3) is 0 Å². The van der Waals surface area contributed by atoms with Gasteiger partial charge in [0.05, 0.1) is 18.0 Å². The largest absolute Gasteiger partial charge is 0.284 e. The molecule has 8 heteroatoms. The van der Waals surface area contributed by atoms with Crippen LogP contribution in [0.1, 0.15) is 37.4 Å². The van der Waals surface area contributed by atoms with Gasteiger partial charge in [-0.15, -0.1) is 0 Å². The van der Waals surface area contributed by atoms with Crippen LogP contribution in [0, 0.1) is 11.7 Å². The molecule has 0 fully saturated rings. The SMILES string of the molecule is CC(C)C(=O)N1N=C(c2ccc(NS(C)(=O)=O)cc2)C[C@H]1c1ccc(F)cc1. The number of hydrogen-bond donors (Lipinski definition) is 1. The van der Waals surface area contributed by atoms with Crippen LogP contribution in [-0.2, 0) is 14.8 Å². The Labute approximate surface area is 164 Å². The molecule has 1 N–H and O–H groups in total. The maximum Gasteiger partial charge on any atom is 0.245 e. The zero-order valence-corrected chi connectivity index (χ0v) is 16.7. The van der Waals surface area contributed by atoms with E-state index in [0.29, 0.717) is 17.8 Å². The predicted molar refractivity (Wildman–Crippen MR) is 107 cm³/mol. The summed E-state index contributed by atoms with van der Waals surface area (Å²) in [5.41, 5.74) is 2.78. The first-order valence-corrected chi connectivity index (χ1v) is 10.8. The highest BCUT2D eigenvalue weighted by molar-refractivity contribution is 7.92. The van der Waals surface area contributed by atoms with Crippen LogP contribution < -0.4 is 4.72 Å². The van der Waals surface area contributed by atoms with Crippen LogP contribution in [0.2, 0.25) is 0 Å². The number of sulfonamides is 1. The number of anilines is 1. The number of halogens is 1. The van der Waals surface area contributed by atoms with Crippen molar-refractivity contribution in [2.45, 2.75) is 26.3 Å². The standard InChI is InChI=1S/C20H22FN3O3S/c1-13(2)20(25)24-19(15-4-8-16(21)9-5-15)12-18(22-24)14-6-10-17(11-7-14)23-28(3,26)27/h4-11,13,19,23H,12H2,1-3H3/t19-/m0/s1. The monoisotopic (exact) mass is 403 g/mol. The second-order valence-corrected chi connectivity index (χ2v) is 8.86. The summed E-state index contributed by atoms with van der Waals surface area (Å²) in [5, 5.41) is 6.00. The summed E-state index contributed by atoms with van der Waals surface area (Å²) in [6, 6.07) is 12.6. The molecule has 0 saturated heterocycles. The van der Waals surface area contributed by atoms with Gasteiger partial charge in [-0.25, -0.2) is 17.8 Å². The summed E-state index contributed by atoms with van der Waals surface area (Å²) in [6.07, 6.45) is 1.58. The molecule has 2 aromatic carbocycles. The smallest absolute Gasteiger partial charge is 0.245 e. The summed E-state index contributed by atoms with van der Waals surface area (Å²) >= 11 is 0. The number of benzene rings is 2. The van der Waals surface area contributed by atoms with Crippen molar-refractivity contribution in [2.75, 3.05) is 11.0 Å². The second-order valence-electron chi connectivity index (χ2n) is 7.11. The first-order chi connectivity index (χ1) is 13.1. The number of nitrogens with zero attached hydrogens (tertiary/aromatic N) is 2. The molecule has 0 aliphatic carbocycles. The molecular formula is C20H22FN3O3S. The summed E-state index contributed by atoms with van der Waals surface area (Å²) in [4.78, 5) is 12.7. The molecule has 1 amide bonds. The van der Waals surface area contributed by atoms with Gasteiger partial charge in [-0.3, -0.25) is 9.52 Å². The first-order valence-electron chi connectivity index (χ1n) is 8.88. The molecule has 148 valence electrons. The van der Waals surface area contributed by atoms with Crippen molar-refractivity contribution in [3.8, 4) is 0 Å². The number of amides is 1. The van der Waals surface area contributed by atoms with E-state index in [1.165, 1.54) is 17.1 Å². The van der Waals surface area contributed by atoms with Gasteiger partial charge in [0.25, 0.3) is 0 Å². The summed E-state index contributed by atoms with van der Waals surface area (Å²) < 4.78 is 38.4. The Bertz CT molecular complexity index is 1000. The van der Waals surface area contributed by atoms with Gasteiger partial charge in [-0.1, -0.05) is 38.1 Å². The lowest BCUT2D eigenvalue weighted by Gasteiger charge is -2.23. The molecule has 1 aliphatic rings. The van der Waals surface area contributed by atoms with Crippen molar-refractivity contribution < 1.29 is 17.6 Å². The van der Waals surface area contributed by atoms with Crippen molar-refractivity contribution in [3.05, 3.63) is 65.5 Å². The van der Waals surface area contributed by atoms with Crippen molar-refractivity contribution in [1.29, 1.82) is 0 Å². The van der Waals surface area contributed by atoms with E-state index >= 15 is 0 Å². The van der Waals surface area contributed by atoms with E-state index in [2.05, 4.69) is 9.82 Å². The fraction of sp³-hybridized carbons (Fsp3) is 0.300. The van der Waals surface area contributed by atoms with Crippen LogP contribution in [-0.4, -0.2) is 31.3 Å². The van der Waals surface area contributed by atoms with Crippen LogP contribution in [0.5, 0.6) is 0 Å². The zero-order chi connectivity index (χ0) is 20.5. The molecule has 1 atom stereocenters. The van der Waals surface area contributed by atoms with E-state index in [1.54, 1.807) is 36.4 Å². The summed E-state index contributed by atoms with van der Waals surface area (Å²) in [7, 11) is -3.35. The van der Waals surface area contributed by atoms with Crippen LogP contribution in [0.3, 0.4) is 0 Å². The third-order valence-corrected chi connectivity index (χ3v) is 5.01. The van der Waals surface area contributed by atoms with E-state index in [1.807, 2.05) is 13.8 Å². The van der Waals surface area contributed by atoms with Gasteiger partial charge >= 0.3 is 0 Å². The van der Waals surface area contributed by atoms with Gasteiger partial charge in [0.1, 0.15) is 5.82 Å². The molecule has 0 unspecified atom stereocenters. The molecule has 1 aliphatic heterocycles. The Hall–Kier alpha value is -2.74. The lowest BCUT2D eigenvalue weighted by Crippen LogP contribution is -2.30. The average Bonchev–Trinajstić information content (AvgIpc) is 3.06. The van der Waals surface area contributed by atoms with E-state index in [0.717, 1.165) is 17.4 Å². The molecule has 28 heavy (non-hydrogen) atoms. The number of carbonyl (C=O) groups is 1. The van der Waals surface area contributed by atoms with Crippen molar-refractivity contribution in [1.82, 2.24) is 5.01 Å². The highest BCUT2D eigenvalue weighted by Gasteiger charge is 2.34. The molecule has 6 nitrogen and oxygen atoms in total.